The molecule has 1 heterocycles. The van der Waals surface area contributed by atoms with Crippen LogP contribution in [0.15, 0.2) is 28.7 Å². The molecule has 0 aliphatic carbocycles. The number of nitrogens with one attached hydrogen (secondary N) is 1. The number of carbonyl (C=O) groups is 1. The van der Waals surface area contributed by atoms with Gasteiger partial charge in [-0.15, -0.1) is 0 Å². The highest BCUT2D eigenvalue weighted by Crippen LogP contribution is 2.22. The van der Waals surface area contributed by atoms with Crippen LogP contribution in [0, 0.1) is 5.92 Å². The first-order valence-corrected chi connectivity index (χ1v) is 8.37. The van der Waals surface area contributed by atoms with Crippen molar-refractivity contribution in [2.24, 2.45) is 11.7 Å². The Morgan fingerprint density at radius 3 is 2.76 bits per heavy atom. The summed E-state index contributed by atoms with van der Waals surface area (Å²) in [6, 6.07) is 8.06. The van der Waals surface area contributed by atoms with Gasteiger partial charge in [-0.2, -0.15) is 0 Å². The Hall–Kier alpha value is -1.07. The highest BCUT2D eigenvalue weighted by molar-refractivity contribution is 9.10. The normalized spacial score (nSPS) is 21.1. The third kappa shape index (κ3) is 4.20. The quantitative estimate of drug-likeness (QED) is 0.854. The Morgan fingerprint density at radius 1 is 1.48 bits per heavy atom. The van der Waals surface area contributed by atoms with Crippen LogP contribution in [0.4, 0.5) is 5.69 Å². The lowest BCUT2D eigenvalue weighted by molar-refractivity contribution is -0.124. The van der Waals surface area contributed by atoms with Gasteiger partial charge in [0.05, 0.1) is 6.04 Å². The van der Waals surface area contributed by atoms with Crippen molar-refractivity contribution in [2.75, 3.05) is 18.0 Å². The van der Waals surface area contributed by atoms with Gasteiger partial charge in [-0.1, -0.05) is 36.2 Å². The third-order valence-corrected chi connectivity index (χ3v) is 4.81. The summed E-state index contributed by atoms with van der Waals surface area (Å²) in [4.78, 5) is 14.4. The topological polar surface area (TPSA) is 58.4 Å². The van der Waals surface area contributed by atoms with Crippen LogP contribution >= 0.6 is 15.9 Å². The molecule has 3 N–H and O–H groups in total. The van der Waals surface area contributed by atoms with Crippen molar-refractivity contribution >= 4 is 27.5 Å². The molecule has 21 heavy (non-hydrogen) atoms. The number of anilines is 1. The number of amides is 1. The summed E-state index contributed by atoms with van der Waals surface area (Å²) in [5.41, 5.74) is 7.18. The van der Waals surface area contributed by atoms with Crippen molar-refractivity contribution in [3.05, 3.63) is 28.7 Å². The minimum atomic E-state index is -0.406. The number of carbonyl (C=O) groups excluding carboxylic acids is 1. The van der Waals surface area contributed by atoms with E-state index in [9.17, 15) is 4.79 Å². The van der Waals surface area contributed by atoms with Crippen molar-refractivity contribution in [3.8, 4) is 0 Å². The van der Waals surface area contributed by atoms with Crippen molar-refractivity contribution in [3.63, 3.8) is 0 Å². The average molecular weight is 354 g/mol. The molecule has 1 fully saturated rings. The van der Waals surface area contributed by atoms with Crippen LogP contribution in [0.3, 0.4) is 0 Å². The molecule has 1 saturated heterocycles. The summed E-state index contributed by atoms with van der Waals surface area (Å²) in [6.07, 6.45) is 1.89. The molecule has 1 amide bonds. The van der Waals surface area contributed by atoms with Crippen LogP contribution in [0.5, 0.6) is 0 Å². The monoisotopic (exact) mass is 353 g/mol. The van der Waals surface area contributed by atoms with Gasteiger partial charge in [0, 0.05) is 29.3 Å². The number of hydrogen-bond acceptors (Lipinski definition) is 3. The highest BCUT2D eigenvalue weighted by atomic mass is 79.9. The van der Waals surface area contributed by atoms with Crippen LogP contribution < -0.4 is 16.0 Å². The Bertz CT molecular complexity index is 477. The van der Waals surface area contributed by atoms with Gasteiger partial charge in [0.25, 0.3) is 0 Å². The van der Waals surface area contributed by atoms with E-state index in [1.165, 1.54) is 5.69 Å². The standard InChI is InChI=1S/C16H24BrN3O/c1-3-11(2)15(18)16(21)19-13-8-9-20(10-13)14-6-4-12(17)5-7-14/h4-7,11,13,15H,3,8-10,18H2,1-2H3,(H,19,21). The van der Waals surface area contributed by atoms with Gasteiger partial charge in [0.2, 0.25) is 5.91 Å². The van der Waals surface area contributed by atoms with E-state index in [0.717, 1.165) is 30.4 Å². The SMILES string of the molecule is CCC(C)C(N)C(=O)NC1CCN(c2ccc(Br)cc2)C1. The molecule has 1 aliphatic rings. The van der Waals surface area contributed by atoms with E-state index < -0.39 is 6.04 Å². The summed E-state index contributed by atoms with van der Waals surface area (Å²) >= 11 is 3.45. The van der Waals surface area contributed by atoms with Gasteiger partial charge in [0.15, 0.2) is 0 Å². The molecule has 3 atom stereocenters. The highest BCUT2D eigenvalue weighted by Gasteiger charge is 2.27. The predicted octanol–water partition coefficient (Wildman–Crippen LogP) is 2.52. The Balaban J connectivity index is 1.88. The number of halogens is 1. The molecular formula is C16H24BrN3O. The Morgan fingerprint density at radius 2 is 2.14 bits per heavy atom. The lowest BCUT2D eigenvalue weighted by Crippen LogP contribution is -2.49. The van der Waals surface area contributed by atoms with Crippen LogP contribution in [0.2, 0.25) is 0 Å². The molecule has 1 aromatic carbocycles. The van der Waals surface area contributed by atoms with Gasteiger partial charge in [0.1, 0.15) is 0 Å². The fourth-order valence-electron chi connectivity index (χ4n) is 2.57. The lowest BCUT2D eigenvalue weighted by atomic mass is 9.99. The fraction of sp³-hybridized carbons (Fsp3) is 0.562. The maximum Gasteiger partial charge on any atom is 0.237 e. The molecular weight excluding hydrogens is 330 g/mol. The maximum atomic E-state index is 12.1. The number of hydrogen-bond donors (Lipinski definition) is 2. The van der Waals surface area contributed by atoms with Crippen LogP contribution in [0.25, 0.3) is 0 Å². The summed E-state index contributed by atoms with van der Waals surface area (Å²) in [5, 5.41) is 3.09. The van der Waals surface area contributed by atoms with Crippen LogP contribution in [0.1, 0.15) is 26.7 Å². The summed E-state index contributed by atoms with van der Waals surface area (Å²) in [7, 11) is 0. The molecule has 5 heteroatoms. The molecule has 1 aliphatic heterocycles. The van der Waals surface area contributed by atoms with E-state index in [1.807, 2.05) is 19.1 Å². The second-order valence-electron chi connectivity index (χ2n) is 5.83. The van der Waals surface area contributed by atoms with Crippen molar-refractivity contribution in [1.29, 1.82) is 0 Å². The second kappa shape index (κ2) is 7.27. The number of nitrogens with two attached hydrogens (primary N) is 1. The van der Waals surface area contributed by atoms with E-state index in [0.29, 0.717) is 0 Å². The molecule has 0 spiro atoms. The largest absolute Gasteiger partial charge is 0.369 e. The first kappa shape index (κ1) is 16.3. The van der Waals surface area contributed by atoms with Gasteiger partial charge >= 0.3 is 0 Å². The molecule has 0 saturated carbocycles. The zero-order valence-corrected chi connectivity index (χ0v) is 14.3. The number of rotatable bonds is 5. The van der Waals surface area contributed by atoms with Gasteiger partial charge in [-0.25, -0.2) is 0 Å². The molecule has 116 valence electrons. The van der Waals surface area contributed by atoms with E-state index in [-0.39, 0.29) is 17.9 Å². The van der Waals surface area contributed by atoms with Crippen molar-refractivity contribution in [1.82, 2.24) is 5.32 Å². The molecule has 4 nitrogen and oxygen atoms in total. The molecule has 3 unspecified atom stereocenters. The summed E-state index contributed by atoms with van der Waals surface area (Å²) < 4.78 is 1.08. The van der Waals surface area contributed by atoms with Crippen molar-refractivity contribution < 1.29 is 4.79 Å². The number of benzene rings is 1. The third-order valence-electron chi connectivity index (χ3n) is 4.29. The van der Waals surface area contributed by atoms with Crippen LogP contribution in [-0.2, 0) is 4.79 Å². The maximum absolute atomic E-state index is 12.1. The smallest absolute Gasteiger partial charge is 0.237 e. The average Bonchev–Trinajstić information content (AvgIpc) is 2.94. The second-order valence-corrected chi connectivity index (χ2v) is 6.74. The minimum absolute atomic E-state index is 0.0213. The molecule has 0 bridgehead atoms. The first-order chi connectivity index (χ1) is 10.0. The van der Waals surface area contributed by atoms with Gasteiger partial charge in [-0.05, 0) is 36.6 Å². The molecule has 0 aromatic heterocycles. The fourth-order valence-corrected chi connectivity index (χ4v) is 2.84. The number of nitrogens with zero attached hydrogens (tertiary/aromatic N) is 1. The zero-order chi connectivity index (χ0) is 15.4. The van der Waals surface area contributed by atoms with Crippen molar-refractivity contribution in [2.45, 2.75) is 38.8 Å². The Kier molecular flexibility index (Phi) is 5.65. The predicted molar refractivity (Wildman–Crippen MR) is 90.3 cm³/mol. The summed E-state index contributed by atoms with van der Waals surface area (Å²) in [5.74, 6) is 0.195. The first-order valence-electron chi connectivity index (χ1n) is 7.57. The minimum Gasteiger partial charge on any atom is -0.369 e. The van der Waals surface area contributed by atoms with E-state index in [1.54, 1.807) is 0 Å². The lowest BCUT2D eigenvalue weighted by Gasteiger charge is -2.22. The van der Waals surface area contributed by atoms with Crippen LogP contribution in [-0.4, -0.2) is 31.1 Å². The molecule has 2 rings (SSSR count). The molecule has 0 radical (unpaired) electrons. The molecule has 1 aromatic rings. The van der Waals surface area contributed by atoms with Gasteiger partial charge in [-0.3, -0.25) is 4.79 Å². The van der Waals surface area contributed by atoms with E-state index in [2.05, 4.69) is 45.2 Å². The Labute approximate surface area is 135 Å². The van der Waals surface area contributed by atoms with E-state index >= 15 is 0 Å². The zero-order valence-electron chi connectivity index (χ0n) is 12.7. The summed E-state index contributed by atoms with van der Waals surface area (Å²) in [6.45, 7) is 5.89. The van der Waals surface area contributed by atoms with Gasteiger partial charge < -0.3 is 16.0 Å². The van der Waals surface area contributed by atoms with E-state index in [4.69, 9.17) is 5.73 Å².